The highest BCUT2D eigenvalue weighted by molar-refractivity contribution is 5.83. The molecule has 0 aliphatic heterocycles. The van der Waals surface area contributed by atoms with Gasteiger partial charge in [-0.05, 0) is 57.9 Å². The van der Waals surface area contributed by atoms with Gasteiger partial charge >= 0.3 is 0 Å². The van der Waals surface area contributed by atoms with Crippen molar-refractivity contribution in [3.63, 3.8) is 0 Å². The van der Waals surface area contributed by atoms with Gasteiger partial charge in [0.1, 0.15) is 5.75 Å². The lowest BCUT2D eigenvalue weighted by Crippen LogP contribution is -2.37. The first kappa shape index (κ1) is 18.3. The molecule has 2 heteroatoms. The predicted molar refractivity (Wildman–Crippen MR) is 103 cm³/mol. The van der Waals surface area contributed by atoms with E-state index >= 15 is 0 Å². The van der Waals surface area contributed by atoms with E-state index < -0.39 is 0 Å². The van der Waals surface area contributed by atoms with Crippen molar-refractivity contribution in [2.75, 3.05) is 6.54 Å². The zero-order valence-electron chi connectivity index (χ0n) is 15.5. The van der Waals surface area contributed by atoms with E-state index in [2.05, 4.69) is 63.8 Å². The fraction of sp³-hybridized carbons (Fsp3) is 0.364. The van der Waals surface area contributed by atoms with E-state index in [4.69, 9.17) is 0 Å². The van der Waals surface area contributed by atoms with Gasteiger partial charge in [-0.2, -0.15) is 0 Å². The van der Waals surface area contributed by atoms with Gasteiger partial charge in [0.05, 0.1) is 0 Å². The summed E-state index contributed by atoms with van der Waals surface area (Å²) in [6, 6.07) is 17.0. The van der Waals surface area contributed by atoms with Gasteiger partial charge in [-0.1, -0.05) is 48.0 Å². The third-order valence-electron chi connectivity index (χ3n) is 4.36. The highest BCUT2D eigenvalue weighted by atomic mass is 16.3. The Bertz CT molecular complexity index is 678. The summed E-state index contributed by atoms with van der Waals surface area (Å²) in [5, 5.41) is 10.4. The second kappa shape index (κ2) is 8.16. The third-order valence-corrected chi connectivity index (χ3v) is 4.36. The molecular formula is C22H29NO. The van der Waals surface area contributed by atoms with E-state index in [9.17, 15) is 5.11 Å². The van der Waals surface area contributed by atoms with Crippen LogP contribution in [-0.4, -0.2) is 28.6 Å². The lowest BCUT2D eigenvalue weighted by molar-refractivity contribution is 0.196. The molecule has 128 valence electrons. The molecule has 2 nitrogen and oxygen atoms in total. The van der Waals surface area contributed by atoms with E-state index in [0.717, 1.165) is 28.8 Å². The summed E-state index contributed by atoms with van der Waals surface area (Å²) < 4.78 is 0. The Morgan fingerprint density at radius 1 is 1.00 bits per heavy atom. The number of phenolic OH excluding ortho intramolecular Hbond substituents is 1. The van der Waals surface area contributed by atoms with Crippen LogP contribution in [0.5, 0.6) is 5.75 Å². The van der Waals surface area contributed by atoms with E-state index in [1.807, 2.05) is 24.3 Å². The summed E-state index contributed by atoms with van der Waals surface area (Å²) in [5.41, 5.74) is 4.26. The second-order valence-electron chi connectivity index (χ2n) is 6.89. The maximum atomic E-state index is 10.4. The van der Waals surface area contributed by atoms with Crippen LogP contribution in [0.1, 0.15) is 44.4 Å². The van der Waals surface area contributed by atoms with Gasteiger partial charge in [-0.15, -0.1) is 0 Å². The van der Waals surface area contributed by atoms with E-state index in [0.29, 0.717) is 17.8 Å². The van der Waals surface area contributed by atoms with Gasteiger partial charge in [-0.25, -0.2) is 0 Å². The molecule has 0 spiro atoms. The highest BCUT2D eigenvalue weighted by Crippen LogP contribution is 2.31. The Kier molecular flexibility index (Phi) is 6.22. The topological polar surface area (TPSA) is 23.5 Å². The van der Waals surface area contributed by atoms with Gasteiger partial charge in [-0.3, -0.25) is 4.90 Å². The molecule has 24 heavy (non-hydrogen) atoms. The van der Waals surface area contributed by atoms with Crippen molar-refractivity contribution in [2.24, 2.45) is 0 Å². The van der Waals surface area contributed by atoms with E-state index in [-0.39, 0.29) is 0 Å². The normalized spacial score (nSPS) is 12.4. The minimum Gasteiger partial charge on any atom is -0.507 e. The fourth-order valence-corrected chi connectivity index (χ4v) is 3.08. The molecule has 1 N–H and O–H groups in total. The summed E-state index contributed by atoms with van der Waals surface area (Å²) in [4.78, 5) is 2.44. The monoisotopic (exact) mass is 323 g/mol. The molecular weight excluding hydrogens is 294 g/mol. The molecule has 2 aromatic rings. The Morgan fingerprint density at radius 3 is 2.21 bits per heavy atom. The Labute approximate surface area is 146 Å². The van der Waals surface area contributed by atoms with Crippen molar-refractivity contribution in [3.05, 3.63) is 71.3 Å². The van der Waals surface area contributed by atoms with Crippen LogP contribution in [0.2, 0.25) is 0 Å². The van der Waals surface area contributed by atoms with E-state index in [1.54, 1.807) is 6.07 Å². The molecule has 0 aliphatic rings. The Hall–Kier alpha value is -2.06. The minimum atomic E-state index is 0.330. The SMILES string of the molecule is Cc1ccc(O)c(/C(=C/CN(C(C)C)C(C)C)c2ccccc2)c1. The Balaban J connectivity index is 2.48. The van der Waals surface area contributed by atoms with Crippen LogP contribution in [0.3, 0.4) is 0 Å². The number of rotatable bonds is 6. The number of phenols is 1. The molecule has 0 amide bonds. The van der Waals surface area contributed by atoms with Crippen molar-refractivity contribution in [3.8, 4) is 5.75 Å². The molecule has 2 rings (SSSR count). The van der Waals surface area contributed by atoms with Crippen molar-refractivity contribution in [2.45, 2.75) is 46.7 Å². The third kappa shape index (κ3) is 4.48. The number of hydrogen-bond acceptors (Lipinski definition) is 2. The maximum Gasteiger partial charge on any atom is 0.123 e. The molecule has 0 saturated carbocycles. The number of nitrogens with zero attached hydrogens (tertiary/aromatic N) is 1. The molecule has 0 bridgehead atoms. The largest absolute Gasteiger partial charge is 0.507 e. The van der Waals surface area contributed by atoms with Crippen LogP contribution in [0.4, 0.5) is 0 Å². The zero-order valence-corrected chi connectivity index (χ0v) is 15.5. The van der Waals surface area contributed by atoms with Crippen LogP contribution in [0.15, 0.2) is 54.6 Å². The number of aromatic hydroxyl groups is 1. The Morgan fingerprint density at radius 2 is 1.62 bits per heavy atom. The lowest BCUT2D eigenvalue weighted by atomic mass is 9.95. The standard InChI is InChI=1S/C22H29NO/c1-16(2)23(17(3)4)14-13-20(19-9-7-6-8-10-19)21-15-18(5)11-12-22(21)24/h6-13,15-17,24H,14H2,1-5H3/b20-13+. The van der Waals surface area contributed by atoms with Crippen LogP contribution in [0, 0.1) is 6.92 Å². The smallest absolute Gasteiger partial charge is 0.123 e. The first-order valence-corrected chi connectivity index (χ1v) is 8.71. The maximum absolute atomic E-state index is 10.4. The summed E-state index contributed by atoms with van der Waals surface area (Å²) in [6.45, 7) is 11.8. The molecule has 0 atom stereocenters. The van der Waals surface area contributed by atoms with Crippen molar-refractivity contribution >= 4 is 5.57 Å². The summed E-state index contributed by atoms with van der Waals surface area (Å²) in [7, 11) is 0. The summed E-state index contributed by atoms with van der Waals surface area (Å²) >= 11 is 0. The van der Waals surface area contributed by atoms with Crippen molar-refractivity contribution in [1.82, 2.24) is 4.90 Å². The zero-order chi connectivity index (χ0) is 17.7. The first-order chi connectivity index (χ1) is 11.4. The average Bonchev–Trinajstić information content (AvgIpc) is 2.54. The minimum absolute atomic E-state index is 0.330. The quantitative estimate of drug-likeness (QED) is 0.784. The highest BCUT2D eigenvalue weighted by Gasteiger charge is 2.14. The number of hydrogen-bond donors (Lipinski definition) is 1. The van der Waals surface area contributed by atoms with Crippen molar-refractivity contribution < 1.29 is 5.11 Å². The van der Waals surface area contributed by atoms with Crippen LogP contribution >= 0.6 is 0 Å². The van der Waals surface area contributed by atoms with Gasteiger partial charge in [0.15, 0.2) is 0 Å². The van der Waals surface area contributed by atoms with Crippen LogP contribution in [-0.2, 0) is 0 Å². The molecule has 0 aromatic heterocycles. The molecule has 0 aliphatic carbocycles. The van der Waals surface area contributed by atoms with Crippen LogP contribution in [0.25, 0.3) is 5.57 Å². The first-order valence-electron chi connectivity index (χ1n) is 8.71. The molecule has 0 saturated heterocycles. The number of benzene rings is 2. The van der Waals surface area contributed by atoms with Gasteiger partial charge in [0.2, 0.25) is 0 Å². The average molecular weight is 323 g/mol. The van der Waals surface area contributed by atoms with Gasteiger partial charge < -0.3 is 5.11 Å². The van der Waals surface area contributed by atoms with Gasteiger partial charge in [0.25, 0.3) is 0 Å². The molecule has 2 aromatic carbocycles. The molecule has 0 fully saturated rings. The summed E-state index contributed by atoms with van der Waals surface area (Å²) in [6.07, 6.45) is 2.24. The van der Waals surface area contributed by atoms with Crippen LogP contribution < -0.4 is 0 Å². The van der Waals surface area contributed by atoms with E-state index in [1.165, 1.54) is 0 Å². The summed E-state index contributed by atoms with van der Waals surface area (Å²) in [5.74, 6) is 0.330. The predicted octanol–water partition coefficient (Wildman–Crippen LogP) is 5.25. The number of aryl methyl sites for hydroxylation is 1. The second-order valence-corrected chi connectivity index (χ2v) is 6.89. The van der Waals surface area contributed by atoms with Crippen molar-refractivity contribution in [1.29, 1.82) is 0 Å². The van der Waals surface area contributed by atoms with Gasteiger partial charge in [0, 0.05) is 24.2 Å². The fourth-order valence-electron chi connectivity index (χ4n) is 3.08. The molecule has 0 radical (unpaired) electrons. The molecule has 0 unspecified atom stereocenters. The lowest BCUT2D eigenvalue weighted by Gasteiger charge is -2.29. The molecule has 0 heterocycles.